The van der Waals surface area contributed by atoms with Gasteiger partial charge < -0.3 is 4.90 Å². The largest absolute Gasteiger partial charge is 0.369 e. The summed E-state index contributed by atoms with van der Waals surface area (Å²) in [4.78, 5) is 2.46. The molecule has 0 amide bonds. The molecule has 4 rings (SSSR count). The van der Waals surface area contributed by atoms with E-state index >= 15 is 0 Å². The van der Waals surface area contributed by atoms with Crippen molar-refractivity contribution in [2.45, 2.75) is 6.92 Å². The maximum atomic E-state index is 4.56. The summed E-state index contributed by atoms with van der Waals surface area (Å²) in [5.41, 5.74) is 4.83. The van der Waals surface area contributed by atoms with Crippen molar-refractivity contribution in [3.63, 3.8) is 0 Å². The molecule has 4 nitrogen and oxygen atoms in total. The summed E-state index contributed by atoms with van der Waals surface area (Å²) in [5.74, 6) is 0. The second-order valence-corrected chi connectivity index (χ2v) is 7.12. The second kappa shape index (κ2) is 6.49. The Hall–Kier alpha value is -1.98. The van der Waals surface area contributed by atoms with Gasteiger partial charge >= 0.3 is 0 Å². The lowest BCUT2D eigenvalue weighted by molar-refractivity contribution is 0.431. The predicted molar refractivity (Wildman–Crippen MR) is 103 cm³/mol. The van der Waals surface area contributed by atoms with Gasteiger partial charge in [0.05, 0.1) is 17.4 Å². The molecular formula is C19H22N4S. The van der Waals surface area contributed by atoms with Gasteiger partial charge in [-0.15, -0.1) is 0 Å². The van der Waals surface area contributed by atoms with Crippen molar-refractivity contribution in [3.8, 4) is 5.69 Å². The van der Waals surface area contributed by atoms with Crippen LogP contribution in [0.25, 0.3) is 16.6 Å². The molecule has 1 aromatic heterocycles. The average molecular weight is 338 g/mol. The fourth-order valence-corrected chi connectivity index (χ4v) is 3.80. The number of nitrogens with zero attached hydrogens (tertiary/aromatic N) is 4. The number of piperazine rings is 1. The summed E-state index contributed by atoms with van der Waals surface area (Å²) in [6, 6.07) is 15.2. The van der Waals surface area contributed by atoms with Gasteiger partial charge in [0.15, 0.2) is 0 Å². The molecule has 24 heavy (non-hydrogen) atoms. The van der Waals surface area contributed by atoms with Gasteiger partial charge in [0.2, 0.25) is 0 Å². The number of anilines is 1. The van der Waals surface area contributed by atoms with Gasteiger partial charge in [0.1, 0.15) is 0 Å². The zero-order chi connectivity index (χ0) is 16.5. The van der Waals surface area contributed by atoms with Gasteiger partial charge in [-0.2, -0.15) is 5.10 Å². The zero-order valence-electron chi connectivity index (χ0n) is 14.1. The molecule has 0 bridgehead atoms. The molecular weight excluding hydrogens is 316 g/mol. The molecule has 0 radical (unpaired) electrons. The maximum Gasteiger partial charge on any atom is 0.0743 e. The van der Waals surface area contributed by atoms with E-state index in [1.807, 2.05) is 22.8 Å². The quantitative estimate of drug-likeness (QED) is 0.679. The Morgan fingerprint density at radius 3 is 2.33 bits per heavy atom. The van der Waals surface area contributed by atoms with E-state index in [-0.39, 0.29) is 0 Å². The van der Waals surface area contributed by atoms with Crippen molar-refractivity contribution in [3.05, 3.63) is 54.2 Å². The van der Waals surface area contributed by atoms with Crippen LogP contribution in [-0.2, 0) is 0 Å². The standard InChI is InChI=1S/C19H22N4S/c1-15-3-4-16-14-20-23(19(16)13-15)18-7-5-17(6-8-18)21-9-11-22(24-2)12-10-21/h3-8,13-14H,9-12H2,1-2H3. The van der Waals surface area contributed by atoms with Crippen molar-refractivity contribution >= 4 is 28.5 Å². The molecule has 1 aliphatic rings. The second-order valence-electron chi connectivity index (χ2n) is 6.23. The number of hydrogen-bond donors (Lipinski definition) is 0. The highest BCUT2D eigenvalue weighted by Crippen LogP contribution is 2.23. The van der Waals surface area contributed by atoms with Crippen molar-refractivity contribution in [2.75, 3.05) is 37.3 Å². The Bertz CT molecular complexity index is 832. The molecule has 2 aromatic carbocycles. The third-order valence-corrected chi connectivity index (χ3v) is 5.56. The summed E-state index contributed by atoms with van der Waals surface area (Å²) in [7, 11) is 0. The van der Waals surface area contributed by atoms with E-state index in [9.17, 15) is 0 Å². The SMILES string of the molecule is CSN1CCN(c2ccc(-n3ncc4ccc(C)cc43)cc2)CC1. The minimum Gasteiger partial charge on any atom is -0.369 e. The topological polar surface area (TPSA) is 24.3 Å². The minimum atomic E-state index is 1.09. The van der Waals surface area contributed by atoms with Crippen LogP contribution in [0.3, 0.4) is 0 Å². The number of aromatic nitrogens is 2. The van der Waals surface area contributed by atoms with Crippen LogP contribution in [0.4, 0.5) is 5.69 Å². The molecule has 1 fully saturated rings. The molecule has 124 valence electrons. The van der Waals surface area contributed by atoms with Crippen molar-refractivity contribution < 1.29 is 0 Å². The lowest BCUT2D eigenvalue weighted by Gasteiger charge is -2.34. The first kappa shape index (κ1) is 15.5. The molecule has 5 heteroatoms. The first-order valence-electron chi connectivity index (χ1n) is 8.33. The highest BCUT2D eigenvalue weighted by Gasteiger charge is 2.16. The molecule has 1 aliphatic heterocycles. The number of benzene rings is 2. The Morgan fingerprint density at radius 1 is 0.917 bits per heavy atom. The number of rotatable bonds is 3. The summed E-state index contributed by atoms with van der Waals surface area (Å²) >= 11 is 1.84. The van der Waals surface area contributed by atoms with E-state index in [1.54, 1.807) is 0 Å². The number of aryl methyl sites for hydroxylation is 1. The Balaban J connectivity index is 1.58. The van der Waals surface area contributed by atoms with Gasteiger partial charge in [-0.05, 0) is 49.1 Å². The fourth-order valence-electron chi connectivity index (χ4n) is 3.27. The molecule has 2 heterocycles. The van der Waals surface area contributed by atoms with Crippen LogP contribution < -0.4 is 4.90 Å². The lowest BCUT2D eigenvalue weighted by atomic mass is 10.2. The molecule has 3 aromatic rings. The molecule has 1 saturated heterocycles. The summed E-state index contributed by atoms with van der Waals surface area (Å²) in [6.07, 6.45) is 4.09. The molecule has 0 unspecified atom stereocenters. The number of fused-ring (bicyclic) bond motifs is 1. The predicted octanol–water partition coefficient (Wildman–Crippen LogP) is 3.73. The van der Waals surface area contributed by atoms with E-state index in [2.05, 4.69) is 69.9 Å². The monoisotopic (exact) mass is 338 g/mol. The Labute approximate surface area is 147 Å². The summed E-state index contributed by atoms with van der Waals surface area (Å²) in [5, 5.41) is 5.74. The minimum absolute atomic E-state index is 1.09. The fraction of sp³-hybridized carbons (Fsp3) is 0.316. The average Bonchev–Trinajstić information content (AvgIpc) is 3.05. The first-order valence-corrected chi connectivity index (χ1v) is 9.51. The van der Waals surface area contributed by atoms with Gasteiger partial charge in [-0.1, -0.05) is 24.1 Å². The number of hydrogen-bond acceptors (Lipinski definition) is 4. The molecule has 0 spiro atoms. The van der Waals surface area contributed by atoms with E-state index in [1.165, 1.54) is 16.6 Å². The van der Waals surface area contributed by atoms with E-state index in [0.29, 0.717) is 0 Å². The van der Waals surface area contributed by atoms with Gasteiger partial charge in [0.25, 0.3) is 0 Å². The van der Waals surface area contributed by atoms with Gasteiger partial charge in [-0.3, -0.25) is 0 Å². The molecule has 0 saturated carbocycles. The molecule has 0 aliphatic carbocycles. The normalized spacial score (nSPS) is 16.0. The van der Waals surface area contributed by atoms with Crippen LogP contribution in [0.5, 0.6) is 0 Å². The van der Waals surface area contributed by atoms with Crippen LogP contribution in [0, 0.1) is 6.92 Å². The maximum absolute atomic E-state index is 4.56. The third-order valence-electron chi connectivity index (χ3n) is 4.68. The van der Waals surface area contributed by atoms with E-state index in [0.717, 1.165) is 37.4 Å². The van der Waals surface area contributed by atoms with E-state index < -0.39 is 0 Å². The lowest BCUT2D eigenvalue weighted by Crippen LogP contribution is -2.43. The van der Waals surface area contributed by atoms with Crippen LogP contribution in [0.2, 0.25) is 0 Å². The van der Waals surface area contributed by atoms with Crippen LogP contribution in [0.15, 0.2) is 48.7 Å². The van der Waals surface area contributed by atoms with Gasteiger partial charge in [-0.25, -0.2) is 8.99 Å². The van der Waals surface area contributed by atoms with E-state index in [4.69, 9.17) is 0 Å². The summed E-state index contributed by atoms with van der Waals surface area (Å²) < 4.78 is 4.45. The third kappa shape index (κ3) is 2.89. The highest BCUT2D eigenvalue weighted by atomic mass is 32.2. The van der Waals surface area contributed by atoms with Crippen molar-refractivity contribution in [1.82, 2.24) is 14.1 Å². The first-order chi connectivity index (χ1) is 11.7. The zero-order valence-corrected chi connectivity index (χ0v) is 15.0. The molecule has 0 N–H and O–H groups in total. The smallest absolute Gasteiger partial charge is 0.0743 e. The Morgan fingerprint density at radius 2 is 1.62 bits per heavy atom. The highest BCUT2D eigenvalue weighted by molar-refractivity contribution is 7.96. The Kier molecular flexibility index (Phi) is 4.21. The van der Waals surface area contributed by atoms with Crippen molar-refractivity contribution in [2.24, 2.45) is 0 Å². The van der Waals surface area contributed by atoms with Gasteiger partial charge in [0, 0.05) is 37.3 Å². The molecule has 0 atom stereocenters. The summed E-state index contributed by atoms with van der Waals surface area (Å²) in [6.45, 7) is 6.53. The van der Waals surface area contributed by atoms with Crippen LogP contribution in [0.1, 0.15) is 5.56 Å². The van der Waals surface area contributed by atoms with Crippen molar-refractivity contribution in [1.29, 1.82) is 0 Å². The van der Waals surface area contributed by atoms with Crippen LogP contribution in [-0.4, -0.2) is 46.5 Å². The van der Waals surface area contributed by atoms with Crippen LogP contribution >= 0.6 is 11.9 Å².